The van der Waals surface area contributed by atoms with Gasteiger partial charge in [0.25, 0.3) is 0 Å². The second-order valence-corrected chi connectivity index (χ2v) is 13.0. The minimum absolute atomic E-state index is 0.0558. The van der Waals surface area contributed by atoms with Crippen molar-refractivity contribution in [2.24, 2.45) is 35.5 Å². The van der Waals surface area contributed by atoms with E-state index in [0.717, 1.165) is 51.6 Å². The smallest absolute Gasteiger partial charge is 0.226 e. The summed E-state index contributed by atoms with van der Waals surface area (Å²) in [5.74, 6) is 1.50. The molecule has 9 unspecified atom stereocenters. The number of amides is 2. The van der Waals surface area contributed by atoms with Gasteiger partial charge in [-0.15, -0.1) is 11.8 Å². The van der Waals surface area contributed by atoms with Crippen LogP contribution in [-0.4, -0.2) is 72.4 Å². The first kappa shape index (κ1) is 25.3. The molecule has 2 saturated carbocycles. The molecule has 35 heavy (non-hydrogen) atoms. The first-order chi connectivity index (χ1) is 16.9. The number of nitrogens with one attached hydrogen (secondary N) is 3. The Morgan fingerprint density at radius 2 is 1.91 bits per heavy atom. The van der Waals surface area contributed by atoms with Crippen LogP contribution in [-0.2, 0) is 14.3 Å². The van der Waals surface area contributed by atoms with Gasteiger partial charge in [0.1, 0.15) is 5.50 Å². The molecule has 0 bridgehead atoms. The van der Waals surface area contributed by atoms with Crippen molar-refractivity contribution in [1.29, 1.82) is 5.26 Å². The van der Waals surface area contributed by atoms with Gasteiger partial charge in [0.05, 0.1) is 18.1 Å². The fourth-order valence-electron chi connectivity index (χ4n) is 7.17. The van der Waals surface area contributed by atoms with Crippen LogP contribution in [0, 0.1) is 46.8 Å². The monoisotopic (exact) mass is 503 g/mol. The number of thioether (sulfide) groups is 1. The minimum Gasteiger partial charge on any atom is -0.381 e. The topological polar surface area (TPSA) is 106 Å². The summed E-state index contributed by atoms with van der Waals surface area (Å²) in [6, 6.07) is 3.05. The van der Waals surface area contributed by atoms with Crippen molar-refractivity contribution >= 4 is 23.6 Å². The van der Waals surface area contributed by atoms with Crippen molar-refractivity contribution < 1.29 is 14.3 Å². The van der Waals surface area contributed by atoms with E-state index in [1.165, 1.54) is 0 Å². The SMILES string of the molecule is COC1CCC(C#N)CC1C1CC(C)NCC1C(=O)NC1NC2CN(C(=O)[C@@H]3CC[C@H]3C)CC2S1. The van der Waals surface area contributed by atoms with Crippen molar-refractivity contribution in [2.45, 2.75) is 81.3 Å². The van der Waals surface area contributed by atoms with Gasteiger partial charge in [0, 0.05) is 55.9 Å². The molecule has 11 atom stereocenters. The third-order valence-corrected chi connectivity index (χ3v) is 10.9. The lowest BCUT2D eigenvalue weighted by atomic mass is 9.66. The van der Waals surface area contributed by atoms with Crippen molar-refractivity contribution in [2.75, 3.05) is 26.7 Å². The lowest BCUT2D eigenvalue weighted by Crippen LogP contribution is -2.55. The molecular weight excluding hydrogens is 462 g/mol. The van der Waals surface area contributed by atoms with Crippen molar-refractivity contribution in [1.82, 2.24) is 20.9 Å². The van der Waals surface area contributed by atoms with Crippen LogP contribution in [0.15, 0.2) is 0 Å². The van der Waals surface area contributed by atoms with Gasteiger partial charge in [-0.1, -0.05) is 6.92 Å². The molecule has 5 fully saturated rings. The van der Waals surface area contributed by atoms with Crippen molar-refractivity contribution in [3.63, 3.8) is 0 Å². The van der Waals surface area contributed by atoms with Crippen LogP contribution < -0.4 is 16.0 Å². The van der Waals surface area contributed by atoms with E-state index in [0.29, 0.717) is 29.7 Å². The molecule has 194 valence electrons. The summed E-state index contributed by atoms with van der Waals surface area (Å²) in [4.78, 5) is 28.4. The van der Waals surface area contributed by atoms with Gasteiger partial charge in [-0.25, -0.2) is 0 Å². The van der Waals surface area contributed by atoms with Crippen LogP contribution in [0.3, 0.4) is 0 Å². The molecule has 2 aliphatic carbocycles. The maximum Gasteiger partial charge on any atom is 0.226 e. The van der Waals surface area contributed by atoms with E-state index in [1.54, 1.807) is 18.9 Å². The molecule has 5 rings (SSSR count). The van der Waals surface area contributed by atoms with Crippen LogP contribution in [0.4, 0.5) is 0 Å². The highest BCUT2D eigenvalue weighted by Gasteiger charge is 2.48. The average Bonchev–Trinajstić information content (AvgIpc) is 3.41. The summed E-state index contributed by atoms with van der Waals surface area (Å²) in [5.41, 5.74) is -0.117. The predicted molar refractivity (Wildman–Crippen MR) is 135 cm³/mol. The summed E-state index contributed by atoms with van der Waals surface area (Å²) in [7, 11) is 1.77. The summed E-state index contributed by atoms with van der Waals surface area (Å²) in [5, 5.41) is 20.3. The summed E-state index contributed by atoms with van der Waals surface area (Å²) in [6.07, 6.45) is 5.83. The molecule has 3 aliphatic heterocycles. The summed E-state index contributed by atoms with van der Waals surface area (Å²) < 4.78 is 5.85. The molecule has 5 aliphatic rings. The van der Waals surface area contributed by atoms with E-state index in [1.807, 2.05) is 4.90 Å². The number of piperidine rings is 1. The number of fused-ring (bicyclic) bond motifs is 1. The highest BCUT2D eigenvalue weighted by molar-refractivity contribution is 8.00. The minimum atomic E-state index is -0.132. The first-order valence-electron chi connectivity index (χ1n) is 13.5. The van der Waals surface area contributed by atoms with E-state index >= 15 is 0 Å². The third kappa shape index (κ3) is 5.09. The molecular formula is C26H41N5O3S. The number of hydrogen-bond acceptors (Lipinski definition) is 7. The molecule has 2 amide bonds. The Hall–Kier alpha value is -1.34. The maximum atomic E-state index is 13.5. The fraction of sp³-hybridized carbons (Fsp3) is 0.885. The van der Waals surface area contributed by atoms with Crippen molar-refractivity contribution in [3.05, 3.63) is 0 Å². The van der Waals surface area contributed by atoms with Crippen LogP contribution in [0.25, 0.3) is 0 Å². The molecule has 0 radical (unpaired) electrons. The number of likely N-dealkylation sites (tertiary alicyclic amines) is 1. The Kier molecular flexibility index (Phi) is 7.64. The lowest BCUT2D eigenvalue weighted by molar-refractivity contribution is -0.139. The second kappa shape index (κ2) is 10.6. The Morgan fingerprint density at radius 3 is 2.57 bits per heavy atom. The van der Waals surface area contributed by atoms with Gasteiger partial charge < -0.3 is 20.3 Å². The zero-order valence-corrected chi connectivity index (χ0v) is 22.1. The van der Waals surface area contributed by atoms with Crippen molar-refractivity contribution in [3.8, 4) is 6.07 Å². The number of carbonyl (C=O) groups is 2. The Labute approximate surface area is 213 Å². The van der Waals surface area contributed by atoms with Crippen LogP contribution in [0.2, 0.25) is 0 Å². The summed E-state index contributed by atoms with van der Waals surface area (Å²) >= 11 is 1.75. The van der Waals surface area contributed by atoms with Crippen LogP contribution >= 0.6 is 11.8 Å². The van der Waals surface area contributed by atoms with Gasteiger partial charge >= 0.3 is 0 Å². The molecule has 8 nitrogen and oxygen atoms in total. The van der Waals surface area contributed by atoms with E-state index < -0.39 is 0 Å². The molecule has 0 aromatic carbocycles. The molecule has 3 heterocycles. The predicted octanol–water partition coefficient (Wildman–Crippen LogP) is 1.92. The van der Waals surface area contributed by atoms with E-state index in [2.05, 4.69) is 35.9 Å². The van der Waals surface area contributed by atoms with Gasteiger partial charge in [0.2, 0.25) is 11.8 Å². The lowest BCUT2D eigenvalue weighted by Gasteiger charge is -2.44. The average molecular weight is 504 g/mol. The second-order valence-electron chi connectivity index (χ2n) is 11.6. The number of nitriles is 1. The fourth-order valence-corrected chi connectivity index (χ4v) is 8.58. The Balaban J connectivity index is 1.18. The number of methoxy groups -OCH3 is 1. The number of rotatable bonds is 5. The maximum absolute atomic E-state index is 13.5. The van der Waals surface area contributed by atoms with Gasteiger partial charge in [-0.05, 0) is 63.2 Å². The van der Waals surface area contributed by atoms with Crippen LogP contribution in [0.1, 0.15) is 52.4 Å². The molecule has 0 spiro atoms. The number of carbonyl (C=O) groups excluding carboxylic acids is 2. The normalized spacial score (nSPS) is 45.3. The van der Waals surface area contributed by atoms with E-state index in [9.17, 15) is 14.9 Å². The largest absolute Gasteiger partial charge is 0.381 e. The Bertz CT molecular complexity index is 837. The van der Waals surface area contributed by atoms with E-state index in [4.69, 9.17) is 4.74 Å². The molecule has 9 heteroatoms. The molecule has 0 aromatic rings. The van der Waals surface area contributed by atoms with Crippen LogP contribution in [0.5, 0.6) is 0 Å². The van der Waals surface area contributed by atoms with Gasteiger partial charge in [-0.3, -0.25) is 14.9 Å². The molecule has 3 saturated heterocycles. The van der Waals surface area contributed by atoms with Gasteiger partial charge in [0.15, 0.2) is 0 Å². The molecule has 0 aromatic heterocycles. The highest BCUT2D eigenvalue weighted by Crippen LogP contribution is 2.42. The zero-order chi connectivity index (χ0) is 24.7. The molecule has 3 N–H and O–H groups in total. The van der Waals surface area contributed by atoms with E-state index in [-0.39, 0.29) is 53.1 Å². The first-order valence-corrected chi connectivity index (χ1v) is 14.5. The number of nitrogens with zero attached hydrogens (tertiary/aromatic N) is 2. The standard InChI is InChI=1S/C26H41N5O3S/c1-14-4-6-17(14)25(33)31-12-21-23(13-31)35-26(29-21)30-24(32)20-11-28-15(2)8-18(20)19-9-16(10-27)5-7-22(19)34-3/h14-23,26,28-29H,4-9,11-13H2,1-3H3,(H,30,32)/t14-,15?,16?,17-,18?,19?,20?,21?,22?,23?,26?/m1/s1. The summed E-state index contributed by atoms with van der Waals surface area (Å²) in [6.45, 7) is 6.53. The zero-order valence-electron chi connectivity index (χ0n) is 21.2. The van der Waals surface area contributed by atoms with Gasteiger partial charge in [-0.2, -0.15) is 5.26 Å². The quantitative estimate of drug-likeness (QED) is 0.526. The highest BCUT2D eigenvalue weighted by atomic mass is 32.2. The number of ether oxygens (including phenoxy) is 1. The Morgan fingerprint density at radius 1 is 1.09 bits per heavy atom. The third-order valence-electron chi connectivity index (χ3n) is 9.50. The number of hydrogen-bond donors (Lipinski definition) is 3.